The summed E-state index contributed by atoms with van der Waals surface area (Å²) >= 11 is 0. The molecule has 3 aromatic carbocycles. The quantitative estimate of drug-likeness (QED) is 0.469. The Morgan fingerprint density at radius 3 is 2.43 bits per heavy atom. The highest BCUT2D eigenvalue weighted by molar-refractivity contribution is 6.22. The molecule has 8 nitrogen and oxygen atoms in total. The van der Waals surface area contributed by atoms with E-state index in [1.54, 1.807) is 36.4 Å². The summed E-state index contributed by atoms with van der Waals surface area (Å²) in [6.07, 6.45) is 1.08. The molecule has 1 heterocycles. The molecule has 0 saturated heterocycles. The second kappa shape index (κ2) is 9.68. The maximum Gasteiger partial charge on any atom is 0.319 e. The van der Waals surface area contributed by atoms with Gasteiger partial charge in [0.2, 0.25) is 5.91 Å². The SMILES string of the molecule is C[C@H](NC(=O)c1ccc(-c2cccc(F)c2)cc1)C(=O)Nc1ccc2c(c1)C(=O)C(C(=O)O)C=N2. The number of hydrogen-bond donors (Lipinski definition) is 3. The van der Waals surface area contributed by atoms with Crippen molar-refractivity contribution in [2.24, 2.45) is 10.9 Å². The Morgan fingerprint density at radius 2 is 1.74 bits per heavy atom. The maximum atomic E-state index is 13.4. The highest BCUT2D eigenvalue weighted by atomic mass is 19.1. The normalized spacial score (nSPS) is 15.1. The van der Waals surface area contributed by atoms with Gasteiger partial charge in [0.05, 0.1) is 5.69 Å². The Kier molecular flexibility index (Phi) is 6.50. The summed E-state index contributed by atoms with van der Waals surface area (Å²) in [5.41, 5.74) is 2.41. The van der Waals surface area contributed by atoms with Crippen molar-refractivity contribution in [3.8, 4) is 11.1 Å². The Balaban J connectivity index is 1.40. The molecule has 1 aliphatic rings. The number of Topliss-reactive ketones (excluding diaryl/α,β-unsaturated/α-hetero) is 1. The lowest BCUT2D eigenvalue weighted by molar-refractivity contribution is -0.137. The molecule has 0 aliphatic carbocycles. The zero-order valence-corrected chi connectivity index (χ0v) is 18.5. The molecule has 1 aliphatic heterocycles. The third kappa shape index (κ3) is 5.14. The number of carbonyl (C=O) groups is 4. The van der Waals surface area contributed by atoms with Crippen LogP contribution in [0, 0.1) is 11.7 Å². The van der Waals surface area contributed by atoms with Crippen LogP contribution in [0.3, 0.4) is 0 Å². The number of nitrogens with one attached hydrogen (secondary N) is 2. The number of aliphatic imine (C=N–C) groups is 1. The predicted molar refractivity (Wildman–Crippen MR) is 127 cm³/mol. The lowest BCUT2D eigenvalue weighted by Crippen LogP contribution is -2.41. The average Bonchev–Trinajstić information content (AvgIpc) is 2.84. The smallest absolute Gasteiger partial charge is 0.319 e. The van der Waals surface area contributed by atoms with Crippen molar-refractivity contribution >= 4 is 41.2 Å². The summed E-state index contributed by atoms with van der Waals surface area (Å²) in [6.45, 7) is 1.50. The number of ketones is 1. The fraction of sp³-hybridized carbons (Fsp3) is 0.115. The van der Waals surface area contributed by atoms with E-state index in [0.29, 0.717) is 16.8 Å². The van der Waals surface area contributed by atoms with E-state index in [9.17, 15) is 23.6 Å². The van der Waals surface area contributed by atoms with E-state index in [4.69, 9.17) is 5.11 Å². The fourth-order valence-corrected chi connectivity index (χ4v) is 3.57. The molecule has 0 radical (unpaired) electrons. The number of amides is 2. The summed E-state index contributed by atoms with van der Waals surface area (Å²) in [4.78, 5) is 52.8. The van der Waals surface area contributed by atoms with Crippen LogP contribution in [-0.4, -0.2) is 40.9 Å². The van der Waals surface area contributed by atoms with Crippen molar-refractivity contribution in [3.63, 3.8) is 0 Å². The van der Waals surface area contributed by atoms with Crippen LogP contribution in [0.15, 0.2) is 71.7 Å². The molecule has 9 heteroatoms. The van der Waals surface area contributed by atoms with Gasteiger partial charge in [-0.3, -0.25) is 24.2 Å². The van der Waals surface area contributed by atoms with Crippen LogP contribution < -0.4 is 10.6 Å². The van der Waals surface area contributed by atoms with E-state index >= 15 is 0 Å². The number of rotatable bonds is 6. The number of hydrogen-bond acceptors (Lipinski definition) is 5. The molecule has 1 unspecified atom stereocenters. The van der Waals surface area contributed by atoms with Crippen molar-refractivity contribution in [2.75, 3.05) is 5.32 Å². The third-order valence-electron chi connectivity index (χ3n) is 5.49. The molecule has 3 N–H and O–H groups in total. The second-order valence-electron chi connectivity index (χ2n) is 7.96. The van der Waals surface area contributed by atoms with Crippen LogP contribution in [0.2, 0.25) is 0 Å². The minimum Gasteiger partial charge on any atom is -0.480 e. The number of nitrogens with zero attached hydrogens (tertiary/aromatic N) is 1. The van der Waals surface area contributed by atoms with Crippen LogP contribution in [0.4, 0.5) is 15.8 Å². The molecule has 2 atom stereocenters. The first-order chi connectivity index (χ1) is 16.7. The summed E-state index contributed by atoms with van der Waals surface area (Å²) in [5, 5.41) is 14.4. The largest absolute Gasteiger partial charge is 0.480 e. The van der Waals surface area contributed by atoms with Crippen LogP contribution in [-0.2, 0) is 9.59 Å². The molecule has 176 valence electrons. The molecular formula is C26H20FN3O5. The minimum atomic E-state index is -1.38. The number of halogens is 1. The van der Waals surface area contributed by atoms with Gasteiger partial charge in [-0.05, 0) is 60.5 Å². The average molecular weight is 473 g/mol. The summed E-state index contributed by atoms with van der Waals surface area (Å²) in [6, 6.07) is 16.1. The Bertz CT molecular complexity index is 1370. The number of fused-ring (bicyclic) bond motifs is 1. The lowest BCUT2D eigenvalue weighted by atomic mass is 9.94. The second-order valence-corrected chi connectivity index (χ2v) is 7.96. The Morgan fingerprint density at radius 1 is 1.00 bits per heavy atom. The number of carboxylic acid groups (broad SMARTS) is 1. The standard InChI is InChI=1S/C26H20FN3O5/c1-14(29-25(33)16-7-5-15(6-8-16)17-3-2-4-18(27)11-17)24(32)30-19-9-10-22-20(12-19)23(31)21(13-28-22)26(34)35/h2-14,21H,1H3,(H,29,33)(H,30,32)(H,34,35)/t14-,21?/m0/s1. The molecule has 0 aromatic heterocycles. The van der Waals surface area contributed by atoms with Gasteiger partial charge >= 0.3 is 5.97 Å². The zero-order chi connectivity index (χ0) is 25.1. The molecule has 2 amide bonds. The van der Waals surface area contributed by atoms with Crippen molar-refractivity contribution in [1.29, 1.82) is 0 Å². The Hall–Kier alpha value is -4.66. The first-order valence-corrected chi connectivity index (χ1v) is 10.7. The monoisotopic (exact) mass is 473 g/mol. The first-order valence-electron chi connectivity index (χ1n) is 10.7. The van der Waals surface area contributed by atoms with Gasteiger partial charge in [-0.15, -0.1) is 0 Å². The third-order valence-corrected chi connectivity index (χ3v) is 5.49. The molecule has 0 saturated carbocycles. The van der Waals surface area contributed by atoms with Gasteiger partial charge in [0.1, 0.15) is 11.9 Å². The van der Waals surface area contributed by atoms with Gasteiger partial charge in [0.25, 0.3) is 5.91 Å². The van der Waals surface area contributed by atoms with Gasteiger partial charge in [-0.2, -0.15) is 0 Å². The molecule has 35 heavy (non-hydrogen) atoms. The predicted octanol–water partition coefficient (Wildman–Crippen LogP) is 3.85. The van der Waals surface area contributed by atoms with Crippen molar-refractivity contribution in [1.82, 2.24) is 5.32 Å². The molecule has 0 spiro atoms. The molecule has 3 aromatic rings. The lowest BCUT2D eigenvalue weighted by Gasteiger charge is -2.17. The van der Waals surface area contributed by atoms with E-state index in [1.807, 2.05) is 0 Å². The van der Waals surface area contributed by atoms with Gasteiger partial charge in [0, 0.05) is 23.0 Å². The van der Waals surface area contributed by atoms with Gasteiger partial charge < -0.3 is 15.7 Å². The highest BCUT2D eigenvalue weighted by Crippen LogP contribution is 2.29. The summed E-state index contributed by atoms with van der Waals surface area (Å²) in [5.74, 6) is -4.67. The number of benzene rings is 3. The van der Waals surface area contributed by atoms with E-state index < -0.39 is 35.5 Å². The van der Waals surface area contributed by atoms with Crippen LogP contribution >= 0.6 is 0 Å². The van der Waals surface area contributed by atoms with Crippen LogP contribution in [0.1, 0.15) is 27.6 Å². The topological polar surface area (TPSA) is 125 Å². The van der Waals surface area contributed by atoms with E-state index in [0.717, 1.165) is 11.8 Å². The molecule has 0 fully saturated rings. The molecule has 0 bridgehead atoms. The van der Waals surface area contributed by atoms with E-state index in [-0.39, 0.29) is 17.1 Å². The van der Waals surface area contributed by atoms with Gasteiger partial charge in [0.15, 0.2) is 11.7 Å². The Labute approximate surface area is 199 Å². The highest BCUT2D eigenvalue weighted by Gasteiger charge is 2.30. The van der Waals surface area contributed by atoms with Crippen molar-refractivity contribution < 1.29 is 28.7 Å². The summed E-state index contributed by atoms with van der Waals surface area (Å²) < 4.78 is 13.4. The van der Waals surface area contributed by atoms with E-state index in [2.05, 4.69) is 15.6 Å². The van der Waals surface area contributed by atoms with Gasteiger partial charge in [-0.1, -0.05) is 24.3 Å². The van der Waals surface area contributed by atoms with Crippen molar-refractivity contribution in [2.45, 2.75) is 13.0 Å². The number of carbonyl (C=O) groups excluding carboxylic acids is 3. The number of anilines is 1. The summed E-state index contributed by atoms with van der Waals surface area (Å²) in [7, 11) is 0. The first kappa shape index (κ1) is 23.5. The zero-order valence-electron chi connectivity index (χ0n) is 18.5. The van der Waals surface area contributed by atoms with Crippen molar-refractivity contribution in [3.05, 3.63) is 83.7 Å². The van der Waals surface area contributed by atoms with E-state index in [1.165, 1.54) is 37.3 Å². The van der Waals surface area contributed by atoms with Gasteiger partial charge in [-0.25, -0.2) is 4.39 Å². The minimum absolute atomic E-state index is 0.0905. The maximum absolute atomic E-state index is 13.4. The number of aliphatic carboxylic acids is 1. The molecular weight excluding hydrogens is 453 g/mol. The molecule has 4 rings (SSSR count). The fourth-order valence-electron chi connectivity index (χ4n) is 3.57. The van der Waals surface area contributed by atoms with Crippen LogP contribution in [0.5, 0.6) is 0 Å². The number of carboxylic acids is 1. The van der Waals surface area contributed by atoms with Crippen LogP contribution in [0.25, 0.3) is 11.1 Å².